The highest BCUT2D eigenvalue weighted by Gasteiger charge is 2.45. The van der Waals surface area contributed by atoms with Gasteiger partial charge in [0.1, 0.15) is 6.04 Å². The number of nitro groups is 1. The highest BCUT2D eigenvalue weighted by Crippen LogP contribution is 2.45. The molecule has 172 valence electrons. The smallest absolute Gasteiger partial charge is 0.329 e. The first-order chi connectivity index (χ1) is 15.5. The van der Waals surface area contributed by atoms with Gasteiger partial charge in [0.05, 0.1) is 36.1 Å². The van der Waals surface area contributed by atoms with E-state index in [0.717, 1.165) is 6.07 Å². The summed E-state index contributed by atoms with van der Waals surface area (Å²) < 4.78 is 4.88. The van der Waals surface area contributed by atoms with Crippen LogP contribution in [0.4, 0.5) is 11.4 Å². The summed E-state index contributed by atoms with van der Waals surface area (Å²) >= 11 is 24.0. The van der Waals surface area contributed by atoms with E-state index in [1.165, 1.54) is 25.1 Å². The molecule has 0 fully saturated rings. The molecule has 3 amide bonds. The normalized spacial score (nSPS) is 13.5. The van der Waals surface area contributed by atoms with Crippen molar-refractivity contribution in [1.29, 1.82) is 0 Å². The number of carbonyl (C=O) groups is 4. The van der Waals surface area contributed by atoms with Gasteiger partial charge in [-0.25, -0.2) is 4.79 Å². The van der Waals surface area contributed by atoms with Crippen LogP contribution in [0.5, 0.6) is 0 Å². The molecule has 0 saturated heterocycles. The summed E-state index contributed by atoms with van der Waals surface area (Å²) in [5, 5.41) is 12.1. The van der Waals surface area contributed by atoms with Crippen LogP contribution in [0.3, 0.4) is 0 Å². The Morgan fingerprint density at radius 1 is 1.06 bits per heavy atom. The molecule has 1 atom stereocenters. The van der Waals surface area contributed by atoms with Crippen molar-refractivity contribution in [2.45, 2.75) is 13.0 Å². The number of nitrogens with one attached hydrogen (secondary N) is 1. The SMILES string of the molecule is C[C@@H](C(=O)OCC(=O)Nc1cccc([N+](=O)[O-])c1)N1C(=O)c2c(Cl)c(Cl)c(Cl)c(Cl)c2C1=O. The Morgan fingerprint density at radius 2 is 1.61 bits per heavy atom. The monoisotopic (exact) mass is 533 g/mol. The van der Waals surface area contributed by atoms with Crippen molar-refractivity contribution in [1.82, 2.24) is 4.90 Å². The summed E-state index contributed by atoms with van der Waals surface area (Å²) in [5.41, 5.74) is -0.744. The Morgan fingerprint density at radius 3 is 2.12 bits per heavy atom. The van der Waals surface area contributed by atoms with Crippen LogP contribution in [0.25, 0.3) is 0 Å². The van der Waals surface area contributed by atoms with Crippen LogP contribution in [0.1, 0.15) is 27.6 Å². The number of halogens is 4. The third kappa shape index (κ3) is 4.60. The van der Waals surface area contributed by atoms with Crippen molar-refractivity contribution in [2.75, 3.05) is 11.9 Å². The molecule has 1 aliphatic rings. The number of imide groups is 1. The fraction of sp³-hybridized carbons (Fsp3) is 0.158. The van der Waals surface area contributed by atoms with E-state index >= 15 is 0 Å². The van der Waals surface area contributed by atoms with Gasteiger partial charge in [0.15, 0.2) is 6.61 Å². The van der Waals surface area contributed by atoms with Gasteiger partial charge in [-0.2, -0.15) is 0 Å². The number of esters is 1. The topological polar surface area (TPSA) is 136 Å². The standard InChI is InChI=1S/C19H11Cl4N3O7/c1-7(19(30)33-6-10(27)24-8-3-2-4-9(5-8)26(31)32)25-17(28)11-12(18(25)29)14(21)16(23)15(22)13(11)20/h2-5,7H,6H2,1H3,(H,24,27)/t7-/m0/s1. The summed E-state index contributed by atoms with van der Waals surface area (Å²) in [5.74, 6) is -3.76. The molecule has 0 aliphatic carbocycles. The van der Waals surface area contributed by atoms with Gasteiger partial charge in [-0.15, -0.1) is 0 Å². The Hall–Kier alpha value is -2.92. The molecule has 0 saturated carbocycles. The maximum Gasteiger partial charge on any atom is 0.329 e. The highest BCUT2D eigenvalue weighted by atomic mass is 35.5. The van der Waals surface area contributed by atoms with Crippen LogP contribution in [-0.4, -0.2) is 46.2 Å². The number of nitrogens with zero attached hydrogens (tertiary/aromatic N) is 2. The fourth-order valence-electron chi connectivity index (χ4n) is 2.98. The Balaban J connectivity index is 1.70. The predicted molar refractivity (Wildman–Crippen MR) is 119 cm³/mol. The maximum atomic E-state index is 12.8. The third-order valence-electron chi connectivity index (χ3n) is 4.55. The quantitative estimate of drug-likeness (QED) is 0.145. The Bertz CT molecular complexity index is 1190. The number of fused-ring (bicyclic) bond motifs is 1. The predicted octanol–water partition coefficient (Wildman–Crippen LogP) is 4.37. The lowest BCUT2D eigenvalue weighted by molar-refractivity contribution is -0.384. The molecule has 2 aromatic rings. The molecule has 0 radical (unpaired) electrons. The second-order valence-corrected chi connectivity index (χ2v) is 8.14. The van der Waals surface area contributed by atoms with Gasteiger partial charge < -0.3 is 10.1 Å². The van der Waals surface area contributed by atoms with Gasteiger partial charge in [0, 0.05) is 17.8 Å². The van der Waals surface area contributed by atoms with Crippen molar-refractivity contribution in [3.63, 3.8) is 0 Å². The van der Waals surface area contributed by atoms with E-state index in [1.54, 1.807) is 0 Å². The van der Waals surface area contributed by atoms with E-state index < -0.39 is 41.3 Å². The van der Waals surface area contributed by atoms with Gasteiger partial charge in [0.25, 0.3) is 23.4 Å². The van der Waals surface area contributed by atoms with Crippen LogP contribution < -0.4 is 5.32 Å². The number of amides is 3. The van der Waals surface area contributed by atoms with Crippen molar-refractivity contribution in [3.05, 3.63) is 65.6 Å². The number of ether oxygens (including phenoxy) is 1. The van der Waals surface area contributed by atoms with Crippen molar-refractivity contribution in [2.24, 2.45) is 0 Å². The van der Waals surface area contributed by atoms with Gasteiger partial charge in [-0.05, 0) is 13.0 Å². The zero-order chi connectivity index (χ0) is 24.6. The summed E-state index contributed by atoms with van der Waals surface area (Å²) in [6.07, 6.45) is 0. The fourth-order valence-corrected chi connectivity index (χ4v) is 3.99. The second-order valence-electron chi connectivity index (χ2n) is 6.63. The van der Waals surface area contributed by atoms with Crippen molar-refractivity contribution < 1.29 is 28.8 Å². The summed E-state index contributed by atoms with van der Waals surface area (Å²) in [6, 6.07) is 3.66. The number of nitro benzene ring substituents is 1. The van der Waals surface area contributed by atoms with E-state index in [-0.39, 0.29) is 42.6 Å². The van der Waals surface area contributed by atoms with E-state index in [1.807, 2.05) is 0 Å². The molecule has 33 heavy (non-hydrogen) atoms. The number of rotatable bonds is 6. The molecular formula is C19H11Cl4N3O7. The van der Waals surface area contributed by atoms with Crippen LogP contribution in [0.2, 0.25) is 20.1 Å². The van der Waals surface area contributed by atoms with Crippen LogP contribution in [-0.2, 0) is 14.3 Å². The molecule has 14 heteroatoms. The largest absolute Gasteiger partial charge is 0.454 e. The first-order valence-corrected chi connectivity index (χ1v) is 10.4. The number of non-ortho nitro benzene ring substituents is 1. The lowest BCUT2D eigenvalue weighted by Gasteiger charge is -2.20. The van der Waals surface area contributed by atoms with Gasteiger partial charge >= 0.3 is 5.97 Å². The Kier molecular flexibility index (Phi) is 7.13. The second kappa shape index (κ2) is 9.52. The van der Waals surface area contributed by atoms with Crippen molar-refractivity contribution in [3.8, 4) is 0 Å². The molecule has 1 heterocycles. The average Bonchev–Trinajstić information content (AvgIpc) is 3.04. The molecule has 0 aromatic heterocycles. The number of hydrogen-bond donors (Lipinski definition) is 1. The van der Waals surface area contributed by atoms with Gasteiger partial charge in [-0.1, -0.05) is 52.5 Å². The summed E-state index contributed by atoms with van der Waals surface area (Å²) in [7, 11) is 0. The maximum absolute atomic E-state index is 12.8. The zero-order valence-electron chi connectivity index (χ0n) is 16.4. The molecule has 3 rings (SSSR count). The van der Waals surface area contributed by atoms with Crippen LogP contribution >= 0.6 is 46.4 Å². The molecule has 0 spiro atoms. The number of anilines is 1. The summed E-state index contributed by atoms with van der Waals surface area (Å²) in [6.45, 7) is 0.418. The first kappa shape index (κ1) is 24.7. The molecule has 0 bridgehead atoms. The van der Waals surface area contributed by atoms with E-state index in [2.05, 4.69) is 5.32 Å². The van der Waals surface area contributed by atoms with Gasteiger partial charge in [-0.3, -0.25) is 29.4 Å². The third-order valence-corrected chi connectivity index (χ3v) is 6.35. The molecule has 2 aromatic carbocycles. The lowest BCUT2D eigenvalue weighted by atomic mass is 10.1. The van der Waals surface area contributed by atoms with E-state index in [4.69, 9.17) is 51.1 Å². The number of benzene rings is 2. The average molecular weight is 535 g/mol. The number of hydrogen-bond acceptors (Lipinski definition) is 7. The molecule has 1 N–H and O–H groups in total. The lowest BCUT2D eigenvalue weighted by Crippen LogP contribution is -2.44. The van der Waals surface area contributed by atoms with E-state index in [9.17, 15) is 29.3 Å². The minimum absolute atomic E-state index is 0.108. The minimum Gasteiger partial charge on any atom is -0.454 e. The van der Waals surface area contributed by atoms with Crippen LogP contribution in [0.15, 0.2) is 24.3 Å². The number of carbonyl (C=O) groups excluding carboxylic acids is 4. The van der Waals surface area contributed by atoms with Crippen LogP contribution in [0, 0.1) is 10.1 Å². The Labute approximate surface area is 205 Å². The molecule has 1 aliphatic heterocycles. The molecular weight excluding hydrogens is 524 g/mol. The molecule has 0 unspecified atom stereocenters. The highest BCUT2D eigenvalue weighted by molar-refractivity contribution is 6.55. The molecule has 10 nitrogen and oxygen atoms in total. The first-order valence-electron chi connectivity index (χ1n) is 8.90. The van der Waals surface area contributed by atoms with E-state index in [0.29, 0.717) is 4.90 Å². The van der Waals surface area contributed by atoms with Gasteiger partial charge in [0.2, 0.25) is 0 Å². The minimum atomic E-state index is -1.45. The summed E-state index contributed by atoms with van der Waals surface area (Å²) in [4.78, 5) is 60.7. The zero-order valence-corrected chi connectivity index (χ0v) is 19.4. The van der Waals surface area contributed by atoms with Crippen molar-refractivity contribution >= 4 is 81.5 Å².